The molecule has 0 aliphatic heterocycles. The molecule has 0 aliphatic rings. The van der Waals surface area contributed by atoms with E-state index in [4.69, 9.17) is 4.74 Å². The zero-order valence-electron chi connectivity index (χ0n) is 10.3. The lowest BCUT2D eigenvalue weighted by molar-refractivity contribution is 0.0601. The van der Waals surface area contributed by atoms with Crippen LogP contribution in [0.3, 0.4) is 0 Å². The Bertz CT molecular complexity index is 756. The number of methoxy groups -OCH3 is 1. The summed E-state index contributed by atoms with van der Waals surface area (Å²) in [7, 11) is 1.39. The number of benzene rings is 2. The van der Waals surface area contributed by atoms with Crippen LogP contribution in [-0.2, 0) is 4.74 Å². The van der Waals surface area contributed by atoms with Crippen molar-refractivity contribution in [3.05, 3.63) is 47.5 Å². The summed E-state index contributed by atoms with van der Waals surface area (Å²) in [4.78, 5) is 14.8. The molecule has 0 bridgehead atoms. The molecule has 3 rings (SSSR count). The minimum Gasteiger partial charge on any atom is -0.465 e. The number of ether oxygens (including phenoxy) is 1. The van der Waals surface area contributed by atoms with Crippen molar-refractivity contribution in [2.24, 2.45) is 0 Å². The fourth-order valence-electron chi connectivity index (χ4n) is 2.27. The van der Waals surface area contributed by atoms with Gasteiger partial charge in [-0.2, -0.15) is 0 Å². The Morgan fingerprint density at radius 3 is 2.44 bits per heavy atom. The standard InChI is InChI=1S/C15H13NO2/c1-9-3-5-11-12-6-4-10(15(17)18-2)8-14(12)16-13(11)7-9/h3-8,16H,1-2H3. The number of aromatic amines is 1. The molecule has 0 unspecified atom stereocenters. The van der Waals surface area contributed by atoms with Gasteiger partial charge in [-0.1, -0.05) is 18.2 Å². The van der Waals surface area contributed by atoms with E-state index in [0.29, 0.717) is 5.56 Å². The molecule has 0 amide bonds. The fraction of sp³-hybridized carbons (Fsp3) is 0.133. The Kier molecular flexibility index (Phi) is 2.33. The molecule has 0 aliphatic carbocycles. The topological polar surface area (TPSA) is 42.1 Å². The normalized spacial score (nSPS) is 11.0. The van der Waals surface area contributed by atoms with Gasteiger partial charge in [-0.05, 0) is 30.7 Å². The van der Waals surface area contributed by atoms with E-state index in [2.05, 4.69) is 30.1 Å². The van der Waals surface area contributed by atoms with Gasteiger partial charge in [-0.15, -0.1) is 0 Å². The molecule has 0 spiro atoms. The van der Waals surface area contributed by atoms with Crippen molar-refractivity contribution in [3.63, 3.8) is 0 Å². The van der Waals surface area contributed by atoms with Gasteiger partial charge in [0.2, 0.25) is 0 Å². The van der Waals surface area contributed by atoms with Crippen LogP contribution in [0, 0.1) is 6.92 Å². The summed E-state index contributed by atoms with van der Waals surface area (Å²) >= 11 is 0. The van der Waals surface area contributed by atoms with Crippen LogP contribution in [0.15, 0.2) is 36.4 Å². The monoisotopic (exact) mass is 239 g/mol. The van der Waals surface area contributed by atoms with Crippen LogP contribution in [0.2, 0.25) is 0 Å². The number of nitrogens with one attached hydrogen (secondary N) is 1. The molecule has 0 fully saturated rings. The molecule has 0 saturated heterocycles. The highest BCUT2D eigenvalue weighted by Gasteiger charge is 2.09. The van der Waals surface area contributed by atoms with Crippen LogP contribution in [0.4, 0.5) is 0 Å². The highest BCUT2D eigenvalue weighted by atomic mass is 16.5. The first-order chi connectivity index (χ1) is 8.69. The quantitative estimate of drug-likeness (QED) is 0.661. The van der Waals surface area contributed by atoms with E-state index in [1.807, 2.05) is 12.1 Å². The largest absolute Gasteiger partial charge is 0.465 e. The van der Waals surface area contributed by atoms with E-state index in [9.17, 15) is 4.79 Å². The van der Waals surface area contributed by atoms with Crippen LogP contribution in [-0.4, -0.2) is 18.1 Å². The molecule has 90 valence electrons. The van der Waals surface area contributed by atoms with Crippen molar-refractivity contribution in [2.45, 2.75) is 6.92 Å². The van der Waals surface area contributed by atoms with Gasteiger partial charge < -0.3 is 9.72 Å². The van der Waals surface area contributed by atoms with Crippen molar-refractivity contribution in [2.75, 3.05) is 7.11 Å². The number of hydrogen-bond donors (Lipinski definition) is 1. The maximum Gasteiger partial charge on any atom is 0.337 e. The average molecular weight is 239 g/mol. The first kappa shape index (κ1) is 10.8. The predicted molar refractivity (Wildman–Crippen MR) is 71.9 cm³/mol. The lowest BCUT2D eigenvalue weighted by Gasteiger charge is -1.98. The van der Waals surface area contributed by atoms with Gasteiger partial charge in [0.05, 0.1) is 12.7 Å². The second-order valence-corrected chi connectivity index (χ2v) is 4.43. The highest BCUT2D eigenvalue weighted by molar-refractivity contribution is 6.09. The number of aryl methyl sites for hydroxylation is 1. The molecule has 0 saturated carbocycles. The summed E-state index contributed by atoms with van der Waals surface area (Å²) in [6.07, 6.45) is 0. The highest BCUT2D eigenvalue weighted by Crippen LogP contribution is 2.26. The number of esters is 1. The second kappa shape index (κ2) is 3.88. The Hall–Kier alpha value is -2.29. The van der Waals surface area contributed by atoms with Gasteiger partial charge in [-0.3, -0.25) is 0 Å². The van der Waals surface area contributed by atoms with Gasteiger partial charge in [-0.25, -0.2) is 4.79 Å². The first-order valence-electron chi connectivity index (χ1n) is 5.79. The van der Waals surface area contributed by atoms with Crippen molar-refractivity contribution in [3.8, 4) is 0 Å². The van der Waals surface area contributed by atoms with Crippen molar-refractivity contribution in [1.29, 1.82) is 0 Å². The van der Waals surface area contributed by atoms with Crippen LogP contribution >= 0.6 is 0 Å². The lowest BCUT2D eigenvalue weighted by Crippen LogP contribution is -2.00. The Morgan fingerprint density at radius 2 is 1.72 bits per heavy atom. The van der Waals surface area contributed by atoms with E-state index >= 15 is 0 Å². The SMILES string of the molecule is COC(=O)c1ccc2c(c1)[nH]c1cc(C)ccc12. The minimum absolute atomic E-state index is 0.313. The van der Waals surface area contributed by atoms with E-state index in [1.54, 1.807) is 6.07 Å². The Balaban J connectivity index is 2.29. The second-order valence-electron chi connectivity index (χ2n) is 4.43. The summed E-state index contributed by atoms with van der Waals surface area (Å²) in [5, 5.41) is 2.30. The van der Waals surface area contributed by atoms with Gasteiger partial charge in [0.15, 0.2) is 0 Å². The van der Waals surface area contributed by atoms with E-state index in [0.717, 1.165) is 16.4 Å². The smallest absolute Gasteiger partial charge is 0.337 e. The van der Waals surface area contributed by atoms with Crippen molar-refractivity contribution in [1.82, 2.24) is 4.98 Å². The average Bonchev–Trinajstić information content (AvgIpc) is 2.73. The molecule has 1 aromatic heterocycles. The fourth-order valence-corrected chi connectivity index (χ4v) is 2.27. The summed E-state index contributed by atoms with van der Waals surface area (Å²) in [5.41, 5.74) is 3.82. The third-order valence-electron chi connectivity index (χ3n) is 3.18. The van der Waals surface area contributed by atoms with Gasteiger partial charge in [0.25, 0.3) is 0 Å². The third-order valence-corrected chi connectivity index (χ3v) is 3.18. The van der Waals surface area contributed by atoms with Crippen molar-refractivity contribution >= 4 is 27.8 Å². The van der Waals surface area contributed by atoms with Crippen LogP contribution in [0.5, 0.6) is 0 Å². The molecule has 1 heterocycles. The summed E-state index contributed by atoms with van der Waals surface area (Å²) in [6, 6.07) is 11.9. The zero-order valence-corrected chi connectivity index (χ0v) is 10.3. The zero-order chi connectivity index (χ0) is 12.7. The number of aromatic nitrogens is 1. The third kappa shape index (κ3) is 1.56. The van der Waals surface area contributed by atoms with Gasteiger partial charge in [0.1, 0.15) is 0 Å². The number of H-pyrrole nitrogens is 1. The Morgan fingerprint density at radius 1 is 1.06 bits per heavy atom. The predicted octanol–water partition coefficient (Wildman–Crippen LogP) is 3.42. The number of rotatable bonds is 1. The first-order valence-corrected chi connectivity index (χ1v) is 5.79. The van der Waals surface area contributed by atoms with E-state index in [-0.39, 0.29) is 5.97 Å². The molecule has 0 radical (unpaired) electrons. The number of fused-ring (bicyclic) bond motifs is 3. The maximum absolute atomic E-state index is 11.5. The summed E-state index contributed by atoms with van der Waals surface area (Å²) in [6.45, 7) is 2.06. The number of carbonyl (C=O) groups is 1. The van der Waals surface area contributed by atoms with Crippen LogP contribution in [0.1, 0.15) is 15.9 Å². The van der Waals surface area contributed by atoms with E-state index < -0.39 is 0 Å². The van der Waals surface area contributed by atoms with Crippen molar-refractivity contribution < 1.29 is 9.53 Å². The van der Waals surface area contributed by atoms with Gasteiger partial charge in [0, 0.05) is 21.8 Å². The number of carbonyl (C=O) groups excluding carboxylic acids is 1. The molecule has 3 heteroatoms. The van der Waals surface area contributed by atoms with Crippen LogP contribution in [0.25, 0.3) is 21.8 Å². The number of hydrogen-bond acceptors (Lipinski definition) is 2. The molecular formula is C15H13NO2. The molecule has 18 heavy (non-hydrogen) atoms. The molecule has 3 aromatic rings. The minimum atomic E-state index is -0.313. The van der Waals surface area contributed by atoms with E-state index in [1.165, 1.54) is 18.1 Å². The summed E-state index contributed by atoms with van der Waals surface area (Å²) < 4.78 is 4.73. The molecule has 1 N–H and O–H groups in total. The Labute approximate surface area is 104 Å². The summed E-state index contributed by atoms with van der Waals surface area (Å²) in [5.74, 6) is -0.313. The molecule has 3 nitrogen and oxygen atoms in total. The molecule has 2 aromatic carbocycles. The van der Waals surface area contributed by atoms with Gasteiger partial charge >= 0.3 is 5.97 Å². The molecular weight excluding hydrogens is 226 g/mol. The lowest BCUT2D eigenvalue weighted by atomic mass is 10.1. The maximum atomic E-state index is 11.5. The van der Waals surface area contributed by atoms with Crippen LogP contribution < -0.4 is 0 Å². The molecule has 0 atom stereocenters.